The maximum atomic E-state index is 12.3. The number of aromatic nitrogens is 3. The van der Waals surface area contributed by atoms with Gasteiger partial charge in [0, 0.05) is 21.3 Å². The summed E-state index contributed by atoms with van der Waals surface area (Å²) in [7, 11) is 3.81. The fraction of sp³-hybridized carbons (Fsp3) is 0.600. The summed E-state index contributed by atoms with van der Waals surface area (Å²) < 4.78 is 13.3. The van der Waals surface area contributed by atoms with E-state index in [2.05, 4.69) is 0 Å². The second-order valence-corrected chi connectivity index (χ2v) is 6.49. The summed E-state index contributed by atoms with van der Waals surface area (Å²) in [4.78, 5) is 20.8. The Bertz CT molecular complexity index is 745. The third kappa shape index (κ3) is 1.18. The van der Waals surface area contributed by atoms with Crippen LogP contribution in [0.1, 0.15) is 0 Å². The predicted molar refractivity (Wildman–Crippen MR) is 77.1 cm³/mol. The molecule has 0 saturated heterocycles. The molecule has 1 aliphatic carbocycles. The maximum absolute atomic E-state index is 12.3. The van der Waals surface area contributed by atoms with Gasteiger partial charge in [-0.25, -0.2) is 14.2 Å². The zero-order chi connectivity index (χ0) is 16.0. The number of fused-ring (bicyclic) bond motifs is 5. The van der Waals surface area contributed by atoms with Gasteiger partial charge in [0.1, 0.15) is 0 Å². The van der Waals surface area contributed by atoms with E-state index >= 15 is 0 Å². The average Bonchev–Trinajstić information content (AvgIpc) is 2.85. The molecule has 11 heteroatoms. The third-order valence-electron chi connectivity index (χ3n) is 3.94. The van der Waals surface area contributed by atoms with E-state index in [4.69, 9.17) is 55.9 Å². The van der Waals surface area contributed by atoms with Crippen LogP contribution in [0.3, 0.4) is 0 Å². The quantitative estimate of drug-likeness (QED) is 0.566. The Morgan fingerprint density at radius 1 is 0.905 bits per heavy atom. The van der Waals surface area contributed by atoms with E-state index in [9.17, 15) is 9.59 Å². The molecule has 2 heterocycles. The summed E-state index contributed by atoms with van der Waals surface area (Å²) in [6, 6.07) is 0. The Hall–Kier alpha value is -0.440. The van der Waals surface area contributed by atoms with Crippen molar-refractivity contribution >= 4 is 46.4 Å². The Kier molecular flexibility index (Phi) is 3.01. The summed E-state index contributed by atoms with van der Waals surface area (Å²) >= 11 is 25.5. The maximum Gasteiger partial charge on any atom is 0.349 e. The van der Waals surface area contributed by atoms with Crippen molar-refractivity contribution in [2.75, 3.05) is 14.2 Å². The first kappa shape index (κ1) is 15.5. The van der Waals surface area contributed by atoms with Crippen molar-refractivity contribution in [3.05, 3.63) is 31.0 Å². The van der Waals surface area contributed by atoms with Crippen LogP contribution >= 0.6 is 46.4 Å². The minimum atomic E-state index is -1.89. The lowest BCUT2D eigenvalue weighted by atomic mass is 10.1. The van der Waals surface area contributed by atoms with Crippen LogP contribution in [0.5, 0.6) is 0 Å². The van der Waals surface area contributed by atoms with Gasteiger partial charge in [-0.05, 0) is 0 Å². The zero-order valence-electron chi connectivity index (χ0n) is 11.0. The number of halogens is 4. The molecule has 3 rings (SSSR count). The van der Waals surface area contributed by atoms with Crippen molar-refractivity contribution in [3.63, 3.8) is 0 Å². The van der Waals surface area contributed by atoms with E-state index in [-0.39, 0.29) is 10.1 Å². The van der Waals surface area contributed by atoms with Crippen molar-refractivity contribution in [3.8, 4) is 0 Å². The van der Waals surface area contributed by atoms with Gasteiger partial charge >= 0.3 is 11.4 Å². The second kappa shape index (κ2) is 4.10. The molecule has 0 saturated carbocycles. The average molecular weight is 377 g/mol. The van der Waals surface area contributed by atoms with Crippen LogP contribution < -0.4 is 11.4 Å². The summed E-state index contributed by atoms with van der Waals surface area (Å²) in [5.41, 5.74) is -1.45. The molecule has 0 aromatic carbocycles. The molecule has 116 valence electrons. The monoisotopic (exact) mass is 375 g/mol. The number of hydrogen-bond acceptors (Lipinski definition) is 4. The lowest BCUT2D eigenvalue weighted by Crippen LogP contribution is -2.57. The third-order valence-corrected chi connectivity index (χ3v) is 6.35. The van der Waals surface area contributed by atoms with Gasteiger partial charge in [0.15, 0.2) is 0 Å². The normalized spacial score (nSPS) is 32.9. The first-order valence-corrected chi connectivity index (χ1v) is 7.14. The SMILES string of the molecule is COC1(OC)C2(Cl)C(Cl)=C(Cl)C1(Cl)n1c(=O)n(C)c(=O)n12. The lowest BCUT2D eigenvalue weighted by molar-refractivity contribution is -0.240. The van der Waals surface area contributed by atoms with Gasteiger partial charge in [-0.15, -0.1) is 0 Å². The van der Waals surface area contributed by atoms with E-state index in [0.29, 0.717) is 0 Å². The minimum Gasteiger partial charge on any atom is -0.347 e. The minimum absolute atomic E-state index is 0.141. The standard InChI is InChI=1S/C10H9Cl4N3O4/c1-15-6(18)16-8(13)4(11)5(12)9(14,17(16)7(15)19)10(8,20-2)21-3/h1-3H3. The van der Waals surface area contributed by atoms with Gasteiger partial charge in [-0.2, -0.15) is 9.36 Å². The van der Waals surface area contributed by atoms with Crippen molar-refractivity contribution in [1.29, 1.82) is 0 Å². The van der Waals surface area contributed by atoms with Gasteiger partial charge in [0.05, 0.1) is 10.1 Å². The highest BCUT2D eigenvalue weighted by Crippen LogP contribution is 2.68. The molecule has 7 nitrogen and oxygen atoms in total. The van der Waals surface area contributed by atoms with Gasteiger partial charge in [-0.1, -0.05) is 46.4 Å². The molecule has 0 amide bonds. The molecular formula is C10H9Cl4N3O4. The molecule has 1 aromatic rings. The summed E-state index contributed by atoms with van der Waals surface area (Å²) in [5.74, 6) is -1.86. The number of nitrogens with zero attached hydrogens (tertiary/aromatic N) is 3. The van der Waals surface area contributed by atoms with Crippen LogP contribution in [0.25, 0.3) is 0 Å². The Morgan fingerprint density at radius 3 is 1.52 bits per heavy atom. The van der Waals surface area contributed by atoms with Crippen LogP contribution in [0.4, 0.5) is 0 Å². The molecular weight excluding hydrogens is 368 g/mol. The van der Waals surface area contributed by atoms with Crippen molar-refractivity contribution in [2.24, 2.45) is 7.05 Å². The first-order chi connectivity index (χ1) is 9.66. The molecule has 0 fully saturated rings. The molecule has 0 spiro atoms. The largest absolute Gasteiger partial charge is 0.349 e. The van der Waals surface area contributed by atoms with Crippen molar-refractivity contribution in [2.45, 2.75) is 15.8 Å². The molecule has 2 bridgehead atoms. The van der Waals surface area contributed by atoms with Crippen molar-refractivity contribution in [1.82, 2.24) is 13.9 Å². The Labute approximate surface area is 138 Å². The molecule has 1 aromatic heterocycles. The molecule has 1 aliphatic heterocycles. The molecule has 2 atom stereocenters. The van der Waals surface area contributed by atoms with Crippen LogP contribution in [0, 0.1) is 0 Å². The summed E-state index contributed by atoms with van der Waals surface area (Å²) in [6.07, 6.45) is 0. The first-order valence-electron chi connectivity index (χ1n) is 5.63. The fourth-order valence-corrected chi connectivity index (χ4v) is 4.86. The number of ether oxygens (including phenoxy) is 2. The van der Waals surface area contributed by atoms with E-state index in [1.165, 1.54) is 21.3 Å². The highest BCUT2D eigenvalue weighted by atomic mass is 35.5. The van der Waals surface area contributed by atoms with Crippen LogP contribution in [0.2, 0.25) is 0 Å². The van der Waals surface area contributed by atoms with E-state index in [0.717, 1.165) is 13.9 Å². The number of alkyl halides is 2. The fourth-order valence-electron chi connectivity index (χ4n) is 2.96. The number of hydrogen-bond donors (Lipinski definition) is 0. The highest BCUT2D eigenvalue weighted by Gasteiger charge is 2.82. The molecule has 0 radical (unpaired) electrons. The summed E-state index contributed by atoms with van der Waals surface area (Å²) in [5, 5.41) is -0.283. The van der Waals surface area contributed by atoms with Gasteiger partial charge < -0.3 is 9.47 Å². The van der Waals surface area contributed by atoms with E-state index in [1.54, 1.807) is 0 Å². The lowest BCUT2D eigenvalue weighted by Gasteiger charge is -2.38. The van der Waals surface area contributed by atoms with Gasteiger partial charge in [-0.3, -0.25) is 0 Å². The Morgan fingerprint density at radius 2 is 1.24 bits per heavy atom. The molecule has 2 aliphatic rings. The van der Waals surface area contributed by atoms with E-state index in [1.807, 2.05) is 0 Å². The van der Waals surface area contributed by atoms with Crippen LogP contribution in [-0.4, -0.2) is 33.9 Å². The second-order valence-electron chi connectivity index (χ2n) is 4.64. The van der Waals surface area contributed by atoms with Crippen molar-refractivity contribution < 1.29 is 9.47 Å². The number of rotatable bonds is 2. The molecule has 2 unspecified atom stereocenters. The zero-order valence-corrected chi connectivity index (χ0v) is 14.0. The summed E-state index contributed by atoms with van der Waals surface area (Å²) in [6.45, 7) is 0. The topological polar surface area (TPSA) is 67.4 Å². The Balaban J connectivity index is 2.59. The van der Waals surface area contributed by atoms with Crippen LogP contribution in [-0.2, 0) is 26.5 Å². The van der Waals surface area contributed by atoms with Crippen LogP contribution in [0.15, 0.2) is 19.7 Å². The molecule has 0 N–H and O–H groups in total. The molecule has 21 heavy (non-hydrogen) atoms. The predicted octanol–water partition coefficient (Wildman–Crippen LogP) is 0.837. The smallest absolute Gasteiger partial charge is 0.347 e. The van der Waals surface area contributed by atoms with Gasteiger partial charge in [0.2, 0.25) is 10.00 Å². The van der Waals surface area contributed by atoms with E-state index < -0.39 is 27.2 Å². The van der Waals surface area contributed by atoms with Gasteiger partial charge in [0.25, 0.3) is 5.79 Å². The number of methoxy groups -OCH3 is 2. The highest BCUT2D eigenvalue weighted by molar-refractivity contribution is 6.50.